The van der Waals surface area contributed by atoms with Crippen LogP contribution >= 0.6 is 0 Å². The Morgan fingerprint density at radius 1 is 1.20 bits per heavy atom. The summed E-state index contributed by atoms with van der Waals surface area (Å²) in [5.74, 6) is 0.951. The molecule has 0 radical (unpaired) electrons. The largest absolute Gasteiger partial charge is 0.363 e. The van der Waals surface area contributed by atoms with Gasteiger partial charge in [-0.3, -0.25) is 0 Å². The van der Waals surface area contributed by atoms with Gasteiger partial charge in [-0.25, -0.2) is 4.39 Å². The number of benzene rings is 1. The molecule has 1 saturated heterocycles. The lowest BCUT2D eigenvalue weighted by molar-refractivity contribution is 0.293. The van der Waals surface area contributed by atoms with Crippen molar-refractivity contribution in [2.75, 3.05) is 18.0 Å². The van der Waals surface area contributed by atoms with Crippen molar-refractivity contribution in [2.45, 2.75) is 46.7 Å². The van der Waals surface area contributed by atoms with Gasteiger partial charge in [0.15, 0.2) is 0 Å². The van der Waals surface area contributed by atoms with E-state index in [1.807, 2.05) is 13.0 Å². The fourth-order valence-corrected chi connectivity index (χ4v) is 3.08. The Morgan fingerprint density at radius 3 is 2.45 bits per heavy atom. The predicted octanol–water partition coefficient (Wildman–Crippen LogP) is 3.59. The number of hydrogen-bond acceptors (Lipinski definition) is 2. The first kappa shape index (κ1) is 15.3. The van der Waals surface area contributed by atoms with Gasteiger partial charge in [0.05, 0.1) is 5.69 Å². The van der Waals surface area contributed by atoms with E-state index in [0.717, 1.165) is 24.3 Å². The Balaban J connectivity index is 2.36. The van der Waals surface area contributed by atoms with Crippen molar-refractivity contribution in [2.24, 2.45) is 11.8 Å². The summed E-state index contributed by atoms with van der Waals surface area (Å²) in [5, 5.41) is 3.62. The molecule has 0 saturated carbocycles. The van der Waals surface area contributed by atoms with Crippen molar-refractivity contribution in [3.63, 3.8) is 0 Å². The van der Waals surface area contributed by atoms with Crippen LogP contribution in [0.2, 0.25) is 0 Å². The highest BCUT2D eigenvalue weighted by Crippen LogP contribution is 2.30. The van der Waals surface area contributed by atoms with Gasteiger partial charge < -0.3 is 10.2 Å². The number of hydrogen-bond donors (Lipinski definition) is 1. The van der Waals surface area contributed by atoms with E-state index in [0.29, 0.717) is 23.9 Å². The number of rotatable bonds is 3. The minimum Gasteiger partial charge on any atom is -0.363 e. The number of nitrogens with one attached hydrogen (secondary N) is 1. The Bertz CT molecular complexity index is 436. The molecule has 0 aromatic heterocycles. The zero-order valence-corrected chi connectivity index (χ0v) is 13.3. The van der Waals surface area contributed by atoms with Gasteiger partial charge in [-0.1, -0.05) is 39.8 Å². The number of halogens is 1. The Kier molecular flexibility index (Phi) is 4.69. The van der Waals surface area contributed by atoms with Gasteiger partial charge >= 0.3 is 0 Å². The van der Waals surface area contributed by atoms with Crippen molar-refractivity contribution < 1.29 is 4.39 Å². The normalized spacial score (nSPS) is 23.7. The molecule has 0 amide bonds. The topological polar surface area (TPSA) is 15.3 Å². The molecular formula is C17H27FN2. The molecule has 2 atom stereocenters. The first-order valence-electron chi connectivity index (χ1n) is 7.67. The van der Waals surface area contributed by atoms with Gasteiger partial charge in [0.1, 0.15) is 5.82 Å². The minimum atomic E-state index is -0.0972. The molecule has 1 heterocycles. The SMILES string of the molecule is Cc1cccc(F)c1N1CC(C(C)C)NCC1C(C)C. The zero-order valence-electron chi connectivity index (χ0n) is 13.3. The van der Waals surface area contributed by atoms with Gasteiger partial charge in [-0.05, 0) is 30.4 Å². The summed E-state index contributed by atoms with van der Waals surface area (Å²) in [6.45, 7) is 12.7. The monoisotopic (exact) mass is 278 g/mol. The second-order valence-electron chi connectivity index (χ2n) is 6.63. The van der Waals surface area contributed by atoms with E-state index in [4.69, 9.17) is 0 Å². The summed E-state index contributed by atoms with van der Waals surface area (Å²) in [4.78, 5) is 2.29. The fourth-order valence-electron chi connectivity index (χ4n) is 3.08. The maximum Gasteiger partial charge on any atom is 0.146 e. The molecule has 20 heavy (non-hydrogen) atoms. The third-order valence-electron chi connectivity index (χ3n) is 4.43. The van der Waals surface area contributed by atoms with Gasteiger partial charge in [0.2, 0.25) is 0 Å². The maximum absolute atomic E-state index is 14.3. The molecule has 2 rings (SSSR count). The molecular weight excluding hydrogens is 251 g/mol. The van der Waals surface area contributed by atoms with E-state index in [2.05, 4.69) is 37.9 Å². The number of aryl methyl sites for hydroxylation is 1. The van der Waals surface area contributed by atoms with Crippen LogP contribution in [0.15, 0.2) is 18.2 Å². The maximum atomic E-state index is 14.3. The molecule has 2 nitrogen and oxygen atoms in total. The first-order chi connectivity index (χ1) is 9.41. The summed E-state index contributed by atoms with van der Waals surface area (Å²) < 4.78 is 14.3. The van der Waals surface area contributed by atoms with Crippen molar-refractivity contribution in [3.8, 4) is 0 Å². The van der Waals surface area contributed by atoms with Crippen LogP contribution in [0.1, 0.15) is 33.3 Å². The van der Waals surface area contributed by atoms with E-state index in [-0.39, 0.29) is 5.82 Å². The van der Waals surface area contributed by atoms with Gasteiger partial charge in [0.25, 0.3) is 0 Å². The number of para-hydroxylation sites is 1. The second kappa shape index (κ2) is 6.13. The highest BCUT2D eigenvalue weighted by molar-refractivity contribution is 5.56. The van der Waals surface area contributed by atoms with E-state index >= 15 is 0 Å². The quantitative estimate of drug-likeness (QED) is 0.909. The molecule has 1 N–H and O–H groups in total. The van der Waals surface area contributed by atoms with Gasteiger partial charge in [-0.15, -0.1) is 0 Å². The van der Waals surface area contributed by atoms with Crippen LogP contribution < -0.4 is 10.2 Å². The summed E-state index contributed by atoms with van der Waals surface area (Å²) in [5.41, 5.74) is 1.82. The van der Waals surface area contributed by atoms with Crippen LogP contribution in [0.5, 0.6) is 0 Å². The van der Waals surface area contributed by atoms with E-state index < -0.39 is 0 Å². The standard InChI is InChI=1S/C17H27FN2/c1-11(2)15-10-20(16(9-19-15)12(3)4)17-13(5)7-6-8-14(17)18/h6-8,11-12,15-16,19H,9-10H2,1-5H3. The van der Waals surface area contributed by atoms with E-state index in [1.165, 1.54) is 0 Å². The molecule has 3 heteroatoms. The molecule has 1 aliphatic rings. The van der Waals surface area contributed by atoms with Crippen LogP contribution in [0, 0.1) is 24.6 Å². The van der Waals surface area contributed by atoms with Gasteiger partial charge in [-0.2, -0.15) is 0 Å². The number of nitrogens with zero attached hydrogens (tertiary/aromatic N) is 1. The highest BCUT2D eigenvalue weighted by atomic mass is 19.1. The van der Waals surface area contributed by atoms with Crippen LogP contribution in [0.3, 0.4) is 0 Å². The lowest BCUT2D eigenvalue weighted by Gasteiger charge is -2.45. The van der Waals surface area contributed by atoms with Gasteiger partial charge in [0, 0.05) is 25.2 Å². The Morgan fingerprint density at radius 2 is 1.90 bits per heavy atom. The van der Waals surface area contributed by atoms with Crippen LogP contribution in [-0.4, -0.2) is 25.2 Å². The molecule has 1 aliphatic heterocycles. The van der Waals surface area contributed by atoms with Crippen molar-refractivity contribution in [3.05, 3.63) is 29.6 Å². The number of anilines is 1. The third kappa shape index (κ3) is 2.98. The van der Waals surface area contributed by atoms with Crippen molar-refractivity contribution >= 4 is 5.69 Å². The summed E-state index contributed by atoms with van der Waals surface area (Å²) in [6, 6.07) is 6.14. The average molecular weight is 278 g/mol. The van der Waals surface area contributed by atoms with Crippen molar-refractivity contribution in [1.82, 2.24) is 5.32 Å². The fraction of sp³-hybridized carbons (Fsp3) is 0.647. The summed E-state index contributed by atoms with van der Waals surface area (Å²) in [6.07, 6.45) is 0. The van der Waals surface area contributed by atoms with Crippen LogP contribution in [-0.2, 0) is 0 Å². The molecule has 1 fully saturated rings. The van der Waals surface area contributed by atoms with Crippen molar-refractivity contribution in [1.29, 1.82) is 0 Å². The molecule has 0 spiro atoms. The Hall–Kier alpha value is -1.09. The second-order valence-corrected chi connectivity index (χ2v) is 6.63. The third-order valence-corrected chi connectivity index (χ3v) is 4.43. The lowest BCUT2D eigenvalue weighted by Crippen LogP contribution is -2.60. The summed E-state index contributed by atoms with van der Waals surface area (Å²) >= 11 is 0. The molecule has 112 valence electrons. The molecule has 1 aromatic carbocycles. The van der Waals surface area contributed by atoms with E-state index in [9.17, 15) is 4.39 Å². The molecule has 0 bridgehead atoms. The average Bonchev–Trinajstić information content (AvgIpc) is 2.38. The number of piperazine rings is 1. The summed E-state index contributed by atoms with van der Waals surface area (Å²) in [7, 11) is 0. The van der Waals surface area contributed by atoms with Crippen LogP contribution in [0.4, 0.5) is 10.1 Å². The molecule has 0 aliphatic carbocycles. The lowest BCUT2D eigenvalue weighted by atomic mass is 9.93. The molecule has 2 unspecified atom stereocenters. The Labute approximate surface area is 122 Å². The van der Waals surface area contributed by atoms with Crippen LogP contribution in [0.25, 0.3) is 0 Å². The minimum absolute atomic E-state index is 0.0972. The highest BCUT2D eigenvalue weighted by Gasteiger charge is 2.33. The van der Waals surface area contributed by atoms with E-state index in [1.54, 1.807) is 12.1 Å². The molecule has 1 aromatic rings. The predicted molar refractivity (Wildman–Crippen MR) is 83.7 cm³/mol. The first-order valence-corrected chi connectivity index (χ1v) is 7.67. The zero-order chi connectivity index (χ0) is 14.9. The smallest absolute Gasteiger partial charge is 0.146 e.